The van der Waals surface area contributed by atoms with Crippen LogP contribution in [0.4, 0.5) is 22.9 Å². The number of nitro benzene ring substituents is 1. The number of hydrogen-bond donors (Lipinski definition) is 2. The molecular weight excluding hydrogens is 244 g/mol. The summed E-state index contributed by atoms with van der Waals surface area (Å²) in [6.45, 7) is 3.51. The summed E-state index contributed by atoms with van der Waals surface area (Å²) in [6.07, 6.45) is 0. The van der Waals surface area contributed by atoms with Crippen molar-refractivity contribution >= 4 is 22.9 Å². The molecular formula is C13H14N4O2. The summed E-state index contributed by atoms with van der Waals surface area (Å²) >= 11 is 0. The maximum Gasteiger partial charge on any atom is 0.274 e. The van der Waals surface area contributed by atoms with E-state index in [-0.39, 0.29) is 5.69 Å². The van der Waals surface area contributed by atoms with Gasteiger partial charge in [-0.25, -0.2) is 4.98 Å². The zero-order valence-electron chi connectivity index (χ0n) is 10.7. The maximum atomic E-state index is 10.9. The highest BCUT2D eigenvalue weighted by Crippen LogP contribution is 2.24. The van der Waals surface area contributed by atoms with Gasteiger partial charge in [-0.2, -0.15) is 0 Å². The van der Waals surface area contributed by atoms with Crippen LogP contribution < -0.4 is 11.1 Å². The van der Waals surface area contributed by atoms with Crippen molar-refractivity contribution in [2.24, 2.45) is 0 Å². The molecule has 0 spiro atoms. The molecule has 0 aliphatic rings. The molecule has 0 saturated carbocycles. The van der Waals surface area contributed by atoms with Crippen molar-refractivity contribution in [1.82, 2.24) is 4.98 Å². The molecule has 2 aromatic rings. The quantitative estimate of drug-likeness (QED) is 0.652. The van der Waals surface area contributed by atoms with Crippen LogP contribution in [0.3, 0.4) is 0 Å². The molecule has 6 nitrogen and oxygen atoms in total. The summed E-state index contributed by atoms with van der Waals surface area (Å²) in [5.74, 6) is 0.602. The molecule has 0 bridgehead atoms. The molecule has 0 saturated heterocycles. The van der Waals surface area contributed by atoms with E-state index in [0.717, 1.165) is 0 Å². The number of rotatable bonds is 3. The SMILES string of the molecule is Cc1ccc(Nc2ccc(N)c(C)n2)cc1[N+](=O)[O-]. The van der Waals surface area contributed by atoms with Crippen molar-refractivity contribution in [3.05, 3.63) is 51.7 Å². The number of nitrogens with one attached hydrogen (secondary N) is 1. The van der Waals surface area contributed by atoms with Gasteiger partial charge in [0.15, 0.2) is 0 Å². The van der Waals surface area contributed by atoms with Crippen molar-refractivity contribution < 1.29 is 4.92 Å². The van der Waals surface area contributed by atoms with Gasteiger partial charge < -0.3 is 11.1 Å². The number of benzene rings is 1. The van der Waals surface area contributed by atoms with Gasteiger partial charge in [0.25, 0.3) is 5.69 Å². The van der Waals surface area contributed by atoms with E-state index in [1.807, 2.05) is 0 Å². The Morgan fingerprint density at radius 1 is 1.26 bits per heavy atom. The first-order valence-electron chi connectivity index (χ1n) is 5.72. The van der Waals surface area contributed by atoms with Gasteiger partial charge in [-0.15, -0.1) is 0 Å². The second kappa shape index (κ2) is 4.93. The standard InChI is InChI=1S/C13H14N4O2/c1-8-3-4-10(7-12(8)17(18)19)16-13-6-5-11(14)9(2)15-13/h3-7H,14H2,1-2H3,(H,15,16). The van der Waals surface area contributed by atoms with Crippen LogP contribution in [-0.4, -0.2) is 9.91 Å². The molecule has 0 amide bonds. The van der Waals surface area contributed by atoms with Crippen molar-refractivity contribution in [2.45, 2.75) is 13.8 Å². The molecule has 98 valence electrons. The average molecular weight is 258 g/mol. The summed E-state index contributed by atoms with van der Waals surface area (Å²) in [5, 5.41) is 13.9. The minimum Gasteiger partial charge on any atom is -0.397 e. The average Bonchev–Trinajstić information content (AvgIpc) is 2.36. The molecule has 0 fully saturated rings. The fourth-order valence-corrected chi connectivity index (χ4v) is 1.67. The largest absolute Gasteiger partial charge is 0.397 e. The van der Waals surface area contributed by atoms with Crippen LogP contribution in [-0.2, 0) is 0 Å². The van der Waals surface area contributed by atoms with Gasteiger partial charge in [0.2, 0.25) is 0 Å². The molecule has 0 aliphatic heterocycles. The molecule has 0 unspecified atom stereocenters. The second-order valence-electron chi connectivity index (χ2n) is 4.25. The predicted molar refractivity (Wildman–Crippen MR) is 74.5 cm³/mol. The number of aryl methyl sites for hydroxylation is 2. The van der Waals surface area contributed by atoms with E-state index in [2.05, 4.69) is 10.3 Å². The van der Waals surface area contributed by atoms with Crippen LogP contribution in [0, 0.1) is 24.0 Å². The third-order valence-corrected chi connectivity index (χ3v) is 2.80. The van der Waals surface area contributed by atoms with Crippen LogP contribution in [0.25, 0.3) is 0 Å². The number of aromatic nitrogens is 1. The highest BCUT2D eigenvalue weighted by atomic mass is 16.6. The monoisotopic (exact) mass is 258 g/mol. The summed E-state index contributed by atoms with van der Waals surface area (Å²) in [6, 6.07) is 8.43. The van der Waals surface area contributed by atoms with Crippen LogP contribution in [0.15, 0.2) is 30.3 Å². The number of pyridine rings is 1. The lowest BCUT2D eigenvalue weighted by atomic mass is 10.2. The van der Waals surface area contributed by atoms with Gasteiger partial charge in [0, 0.05) is 17.3 Å². The third-order valence-electron chi connectivity index (χ3n) is 2.80. The molecule has 2 rings (SSSR count). The molecule has 19 heavy (non-hydrogen) atoms. The number of nitrogens with two attached hydrogens (primary N) is 1. The Morgan fingerprint density at radius 2 is 2.00 bits per heavy atom. The van der Waals surface area contributed by atoms with Crippen molar-refractivity contribution in [2.75, 3.05) is 11.1 Å². The van der Waals surface area contributed by atoms with Crippen molar-refractivity contribution in [3.63, 3.8) is 0 Å². The Bertz CT molecular complexity index is 641. The van der Waals surface area contributed by atoms with Crippen molar-refractivity contribution in [3.8, 4) is 0 Å². The minimum atomic E-state index is -0.401. The molecule has 0 aliphatic carbocycles. The fraction of sp³-hybridized carbons (Fsp3) is 0.154. The smallest absolute Gasteiger partial charge is 0.274 e. The maximum absolute atomic E-state index is 10.9. The lowest BCUT2D eigenvalue weighted by Gasteiger charge is -2.08. The summed E-state index contributed by atoms with van der Waals surface area (Å²) in [4.78, 5) is 14.7. The predicted octanol–water partition coefficient (Wildman–Crippen LogP) is 2.93. The third kappa shape index (κ3) is 2.79. The van der Waals surface area contributed by atoms with Gasteiger partial charge in [-0.3, -0.25) is 10.1 Å². The van der Waals surface area contributed by atoms with E-state index in [4.69, 9.17) is 5.73 Å². The van der Waals surface area contributed by atoms with E-state index in [1.165, 1.54) is 6.07 Å². The van der Waals surface area contributed by atoms with E-state index >= 15 is 0 Å². The minimum absolute atomic E-state index is 0.0807. The number of nitrogens with zero attached hydrogens (tertiary/aromatic N) is 2. The molecule has 1 aromatic carbocycles. The normalized spacial score (nSPS) is 10.2. The zero-order valence-corrected chi connectivity index (χ0v) is 10.7. The van der Waals surface area contributed by atoms with Gasteiger partial charge in [0.1, 0.15) is 5.82 Å². The van der Waals surface area contributed by atoms with Gasteiger partial charge in [0.05, 0.1) is 16.3 Å². The fourth-order valence-electron chi connectivity index (χ4n) is 1.67. The molecule has 3 N–H and O–H groups in total. The van der Waals surface area contributed by atoms with Gasteiger partial charge in [-0.05, 0) is 32.0 Å². The summed E-state index contributed by atoms with van der Waals surface area (Å²) in [5.41, 5.74) is 8.33. The topological polar surface area (TPSA) is 94.1 Å². The summed E-state index contributed by atoms with van der Waals surface area (Å²) < 4.78 is 0. The molecule has 1 aromatic heterocycles. The molecule has 6 heteroatoms. The Kier molecular flexibility index (Phi) is 3.33. The van der Waals surface area contributed by atoms with Crippen LogP contribution in [0.5, 0.6) is 0 Å². The first-order valence-corrected chi connectivity index (χ1v) is 5.72. The zero-order chi connectivity index (χ0) is 14.0. The number of nitrogen functional groups attached to an aromatic ring is 1. The van der Waals surface area contributed by atoms with Crippen molar-refractivity contribution in [1.29, 1.82) is 0 Å². The molecule has 0 radical (unpaired) electrons. The highest BCUT2D eigenvalue weighted by Gasteiger charge is 2.11. The lowest BCUT2D eigenvalue weighted by Crippen LogP contribution is -1.99. The second-order valence-corrected chi connectivity index (χ2v) is 4.25. The first-order chi connectivity index (χ1) is 8.97. The Morgan fingerprint density at radius 3 is 2.63 bits per heavy atom. The van der Waals surface area contributed by atoms with E-state index in [0.29, 0.717) is 28.5 Å². The number of hydrogen-bond acceptors (Lipinski definition) is 5. The van der Waals surface area contributed by atoms with Gasteiger partial charge >= 0.3 is 0 Å². The number of anilines is 3. The highest BCUT2D eigenvalue weighted by molar-refractivity contribution is 5.62. The molecule has 1 heterocycles. The van der Waals surface area contributed by atoms with E-state index in [1.54, 1.807) is 38.1 Å². The van der Waals surface area contributed by atoms with Crippen LogP contribution >= 0.6 is 0 Å². The lowest BCUT2D eigenvalue weighted by molar-refractivity contribution is -0.385. The Labute approximate surface area is 110 Å². The van der Waals surface area contributed by atoms with E-state index in [9.17, 15) is 10.1 Å². The van der Waals surface area contributed by atoms with Crippen LogP contribution in [0.1, 0.15) is 11.3 Å². The Hall–Kier alpha value is -2.63. The summed E-state index contributed by atoms with van der Waals surface area (Å²) in [7, 11) is 0. The van der Waals surface area contributed by atoms with E-state index < -0.39 is 4.92 Å². The van der Waals surface area contributed by atoms with Gasteiger partial charge in [-0.1, -0.05) is 6.07 Å². The Balaban J connectivity index is 2.30. The molecule has 0 atom stereocenters. The number of nitro groups is 1. The first kappa shape index (κ1) is 12.8. The van der Waals surface area contributed by atoms with Crippen LogP contribution in [0.2, 0.25) is 0 Å².